The van der Waals surface area contributed by atoms with Gasteiger partial charge in [0.1, 0.15) is 17.9 Å². The van der Waals surface area contributed by atoms with Gasteiger partial charge in [0.2, 0.25) is 11.7 Å². The molecule has 0 saturated carbocycles. The van der Waals surface area contributed by atoms with Crippen molar-refractivity contribution in [1.29, 1.82) is 5.26 Å². The van der Waals surface area contributed by atoms with E-state index >= 15 is 0 Å². The third-order valence-corrected chi connectivity index (χ3v) is 2.84. The number of hydrogen-bond donors (Lipinski definition) is 2. The highest BCUT2D eigenvalue weighted by molar-refractivity contribution is 5.96. The van der Waals surface area contributed by atoms with Crippen molar-refractivity contribution in [3.05, 3.63) is 42.2 Å². The van der Waals surface area contributed by atoms with E-state index in [0.717, 1.165) is 6.07 Å². The summed E-state index contributed by atoms with van der Waals surface area (Å²) in [6, 6.07) is 4.96. The third-order valence-electron chi connectivity index (χ3n) is 2.84. The minimum absolute atomic E-state index is 0.136. The van der Waals surface area contributed by atoms with Crippen LogP contribution in [0.3, 0.4) is 0 Å². The smallest absolute Gasteiger partial charge is 0.247 e. The number of anilines is 2. The quantitative estimate of drug-likeness (QED) is 0.831. The number of hydrogen-bond acceptors (Lipinski definition) is 4. The molecule has 2 aromatic rings. The van der Waals surface area contributed by atoms with E-state index in [1.165, 1.54) is 29.1 Å². The van der Waals surface area contributed by atoms with Crippen molar-refractivity contribution < 1.29 is 9.18 Å². The summed E-state index contributed by atoms with van der Waals surface area (Å²) in [5.41, 5.74) is 6.08. The average molecular weight is 273 g/mol. The summed E-state index contributed by atoms with van der Waals surface area (Å²) >= 11 is 0. The number of nitrogens with two attached hydrogens (primary N) is 1. The summed E-state index contributed by atoms with van der Waals surface area (Å²) in [4.78, 5) is 15.9. The number of halogens is 1. The number of carbonyl (C=O) groups excluding carboxylic acids is 1. The molecule has 0 aliphatic carbocycles. The lowest BCUT2D eigenvalue weighted by Gasteiger charge is -2.15. The van der Waals surface area contributed by atoms with E-state index in [0.29, 0.717) is 5.69 Å². The normalized spacial score (nSPS) is 11.7. The molecule has 0 aliphatic rings. The maximum Gasteiger partial charge on any atom is 0.247 e. The molecule has 0 radical (unpaired) electrons. The van der Waals surface area contributed by atoms with Gasteiger partial charge in [0.05, 0.1) is 11.4 Å². The predicted octanol–water partition coefficient (Wildman–Crippen LogP) is 1.68. The Kier molecular flexibility index (Phi) is 3.66. The predicted molar refractivity (Wildman–Crippen MR) is 71.1 cm³/mol. The van der Waals surface area contributed by atoms with E-state index in [-0.39, 0.29) is 17.4 Å². The van der Waals surface area contributed by atoms with Crippen molar-refractivity contribution in [2.45, 2.75) is 13.0 Å². The highest BCUT2D eigenvalue weighted by Gasteiger charge is 2.18. The topological polar surface area (TPSA) is 96.7 Å². The van der Waals surface area contributed by atoms with Crippen LogP contribution in [0.5, 0.6) is 0 Å². The molecule has 1 aromatic heterocycles. The first kappa shape index (κ1) is 13.5. The SMILES string of the molecule is CC(C(=O)Nc1ccc(F)cc1N)n1ccnc1C#N. The Hall–Kier alpha value is -2.88. The monoisotopic (exact) mass is 273 g/mol. The van der Waals surface area contributed by atoms with E-state index in [4.69, 9.17) is 11.0 Å². The molecule has 20 heavy (non-hydrogen) atoms. The van der Waals surface area contributed by atoms with Crippen LogP contribution in [0.15, 0.2) is 30.6 Å². The Morgan fingerprint density at radius 2 is 2.35 bits per heavy atom. The lowest BCUT2D eigenvalue weighted by molar-refractivity contribution is -0.118. The van der Waals surface area contributed by atoms with Gasteiger partial charge in [-0.05, 0) is 25.1 Å². The number of nitrogens with zero attached hydrogens (tertiary/aromatic N) is 3. The molecular weight excluding hydrogens is 261 g/mol. The molecule has 2 rings (SSSR count). The number of amides is 1. The molecular formula is C13H12FN5O. The lowest BCUT2D eigenvalue weighted by Crippen LogP contribution is -2.24. The molecule has 1 aromatic carbocycles. The van der Waals surface area contributed by atoms with Gasteiger partial charge in [0.15, 0.2) is 0 Å². The fourth-order valence-corrected chi connectivity index (χ4v) is 1.72. The fourth-order valence-electron chi connectivity index (χ4n) is 1.72. The Morgan fingerprint density at radius 1 is 1.60 bits per heavy atom. The molecule has 3 N–H and O–H groups in total. The second-order valence-corrected chi connectivity index (χ2v) is 4.17. The summed E-state index contributed by atoms with van der Waals surface area (Å²) in [7, 11) is 0. The molecule has 1 unspecified atom stereocenters. The summed E-state index contributed by atoms with van der Waals surface area (Å²) in [5, 5.41) is 11.5. The van der Waals surface area contributed by atoms with Crippen molar-refractivity contribution in [2.75, 3.05) is 11.1 Å². The van der Waals surface area contributed by atoms with Crippen LogP contribution < -0.4 is 11.1 Å². The molecule has 102 valence electrons. The molecule has 0 spiro atoms. The van der Waals surface area contributed by atoms with Gasteiger partial charge in [-0.2, -0.15) is 5.26 Å². The minimum Gasteiger partial charge on any atom is -0.397 e. The first-order valence-corrected chi connectivity index (χ1v) is 5.81. The first-order valence-electron chi connectivity index (χ1n) is 5.81. The Balaban J connectivity index is 2.18. The van der Waals surface area contributed by atoms with Crippen LogP contribution in [-0.2, 0) is 4.79 Å². The summed E-state index contributed by atoms with van der Waals surface area (Å²) in [5.74, 6) is -0.715. The van der Waals surface area contributed by atoms with Gasteiger partial charge in [-0.25, -0.2) is 9.37 Å². The van der Waals surface area contributed by atoms with Gasteiger partial charge in [-0.15, -0.1) is 0 Å². The molecule has 7 heteroatoms. The highest BCUT2D eigenvalue weighted by atomic mass is 19.1. The van der Waals surface area contributed by atoms with Crippen molar-refractivity contribution in [3.63, 3.8) is 0 Å². The Labute approximate surface area is 114 Å². The van der Waals surface area contributed by atoms with Crippen LogP contribution >= 0.6 is 0 Å². The summed E-state index contributed by atoms with van der Waals surface area (Å²) in [6.45, 7) is 1.62. The van der Waals surface area contributed by atoms with Crippen LogP contribution in [0.1, 0.15) is 18.8 Å². The highest BCUT2D eigenvalue weighted by Crippen LogP contribution is 2.21. The van der Waals surface area contributed by atoms with Crippen LogP contribution in [0.2, 0.25) is 0 Å². The van der Waals surface area contributed by atoms with Crippen LogP contribution in [0.4, 0.5) is 15.8 Å². The van der Waals surface area contributed by atoms with Gasteiger partial charge in [-0.3, -0.25) is 4.79 Å². The number of nitrogens with one attached hydrogen (secondary N) is 1. The zero-order valence-electron chi connectivity index (χ0n) is 10.7. The molecule has 0 saturated heterocycles. The number of imidazole rings is 1. The van der Waals surface area contributed by atoms with E-state index in [2.05, 4.69) is 10.3 Å². The van der Waals surface area contributed by atoms with E-state index in [1.54, 1.807) is 6.92 Å². The third kappa shape index (κ3) is 2.59. The number of benzene rings is 1. The maximum absolute atomic E-state index is 12.9. The lowest BCUT2D eigenvalue weighted by atomic mass is 10.2. The minimum atomic E-state index is -0.642. The number of rotatable bonds is 3. The molecule has 6 nitrogen and oxygen atoms in total. The number of carbonyl (C=O) groups is 1. The Morgan fingerprint density at radius 3 is 3.00 bits per heavy atom. The van der Waals surface area contributed by atoms with Crippen LogP contribution in [0.25, 0.3) is 0 Å². The zero-order chi connectivity index (χ0) is 14.7. The van der Waals surface area contributed by atoms with E-state index in [9.17, 15) is 9.18 Å². The van der Waals surface area contributed by atoms with Gasteiger partial charge < -0.3 is 15.6 Å². The second kappa shape index (κ2) is 5.40. The largest absolute Gasteiger partial charge is 0.397 e. The van der Waals surface area contributed by atoms with Crippen molar-refractivity contribution >= 4 is 17.3 Å². The first-order chi connectivity index (χ1) is 9.52. The Bertz CT molecular complexity index is 688. The van der Waals surface area contributed by atoms with Crippen LogP contribution in [-0.4, -0.2) is 15.5 Å². The zero-order valence-corrected chi connectivity index (χ0v) is 10.7. The summed E-state index contributed by atoms with van der Waals surface area (Å²) in [6.07, 6.45) is 2.98. The average Bonchev–Trinajstić information content (AvgIpc) is 2.89. The number of nitrogen functional groups attached to an aromatic ring is 1. The number of aromatic nitrogens is 2. The number of nitriles is 1. The van der Waals surface area contributed by atoms with Gasteiger partial charge in [0, 0.05) is 12.4 Å². The van der Waals surface area contributed by atoms with Crippen LogP contribution in [0, 0.1) is 17.1 Å². The molecule has 0 fully saturated rings. The molecule has 0 aliphatic heterocycles. The van der Waals surface area contributed by atoms with Gasteiger partial charge >= 0.3 is 0 Å². The van der Waals surface area contributed by atoms with E-state index < -0.39 is 11.9 Å². The van der Waals surface area contributed by atoms with Crippen molar-refractivity contribution in [3.8, 4) is 6.07 Å². The molecule has 1 heterocycles. The standard InChI is InChI=1S/C13H12FN5O/c1-8(19-5-4-17-12(19)7-15)13(20)18-11-3-2-9(14)6-10(11)16/h2-6,8H,16H2,1H3,(H,18,20). The second-order valence-electron chi connectivity index (χ2n) is 4.17. The molecule has 1 atom stereocenters. The fraction of sp³-hybridized carbons (Fsp3) is 0.154. The molecule has 0 bridgehead atoms. The maximum atomic E-state index is 12.9. The van der Waals surface area contributed by atoms with E-state index in [1.807, 2.05) is 6.07 Å². The van der Waals surface area contributed by atoms with Crippen molar-refractivity contribution in [2.24, 2.45) is 0 Å². The molecule has 1 amide bonds. The van der Waals surface area contributed by atoms with Gasteiger partial charge in [-0.1, -0.05) is 0 Å². The van der Waals surface area contributed by atoms with Gasteiger partial charge in [0.25, 0.3) is 0 Å². The summed E-state index contributed by atoms with van der Waals surface area (Å²) < 4.78 is 14.4. The van der Waals surface area contributed by atoms with Crippen molar-refractivity contribution in [1.82, 2.24) is 9.55 Å².